The Hall–Kier alpha value is -2.69. The van der Waals surface area contributed by atoms with E-state index < -0.39 is 6.10 Å². The maximum atomic E-state index is 12.3. The Morgan fingerprint density at radius 3 is 2.33 bits per heavy atom. The predicted octanol–water partition coefficient (Wildman–Crippen LogP) is 4.09. The first kappa shape index (κ1) is 20.6. The molecule has 0 aliphatic heterocycles. The van der Waals surface area contributed by atoms with Gasteiger partial charge in [0.15, 0.2) is 6.10 Å². The number of benzene rings is 2. The molecule has 1 atom stereocenters. The average Bonchev–Trinajstić information content (AvgIpc) is 2.65. The number of rotatable bonds is 9. The molecular weight excluding hydrogens is 342 g/mol. The summed E-state index contributed by atoms with van der Waals surface area (Å²) in [5, 5.41) is 2.85. The third kappa shape index (κ3) is 6.20. The minimum atomic E-state index is -0.578. The molecule has 0 aromatic heterocycles. The van der Waals surface area contributed by atoms with E-state index in [1.54, 1.807) is 14.0 Å². The van der Waals surface area contributed by atoms with Gasteiger partial charge in [0.05, 0.1) is 13.7 Å². The molecule has 0 aliphatic carbocycles. The van der Waals surface area contributed by atoms with Crippen molar-refractivity contribution in [3.8, 4) is 17.2 Å². The van der Waals surface area contributed by atoms with Gasteiger partial charge in [-0.25, -0.2) is 0 Å². The van der Waals surface area contributed by atoms with Crippen LogP contribution >= 0.6 is 0 Å². The van der Waals surface area contributed by atoms with Gasteiger partial charge >= 0.3 is 0 Å². The molecule has 27 heavy (non-hydrogen) atoms. The second kappa shape index (κ2) is 9.86. The standard InChI is InChI=1S/C22H29NO4/c1-15(2)20-11-6-16(3)14-21(20)27-17(4)22(24)23-12-13-26-19-9-7-18(25-5)8-10-19/h6-11,14-15,17H,12-13H2,1-5H3,(H,23,24)/t17-/m0/s1. The smallest absolute Gasteiger partial charge is 0.260 e. The third-order valence-electron chi connectivity index (χ3n) is 4.19. The first-order valence-corrected chi connectivity index (χ1v) is 9.22. The van der Waals surface area contributed by atoms with Crippen LogP contribution in [-0.2, 0) is 4.79 Å². The van der Waals surface area contributed by atoms with Crippen LogP contribution in [0.25, 0.3) is 0 Å². The van der Waals surface area contributed by atoms with Crippen molar-refractivity contribution in [2.24, 2.45) is 0 Å². The van der Waals surface area contributed by atoms with Gasteiger partial charge in [-0.15, -0.1) is 0 Å². The lowest BCUT2D eigenvalue weighted by atomic mass is 10.0. The Balaban J connectivity index is 1.81. The molecule has 0 saturated heterocycles. The van der Waals surface area contributed by atoms with Gasteiger partial charge in [0, 0.05) is 0 Å². The molecule has 1 N–H and O–H groups in total. The lowest BCUT2D eigenvalue weighted by Gasteiger charge is -2.19. The highest BCUT2D eigenvalue weighted by Gasteiger charge is 2.17. The van der Waals surface area contributed by atoms with Gasteiger partial charge in [-0.1, -0.05) is 26.0 Å². The van der Waals surface area contributed by atoms with Crippen LogP contribution in [-0.4, -0.2) is 32.3 Å². The van der Waals surface area contributed by atoms with E-state index in [-0.39, 0.29) is 5.91 Å². The van der Waals surface area contributed by atoms with Crippen molar-refractivity contribution in [3.05, 3.63) is 53.6 Å². The Bertz CT molecular complexity index is 740. The monoisotopic (exact) mass is 371 g/mol. The fourth-order valence-electron chi connectivity index (χ4n) is 2.62. The van der Waals surface area contributed by atoms with Crippen molar-refractivity contribution in [2.45, 2.75) is 39.7 Å². The summed E-state index contributed by atoms with van der Waals surface area (Å²) in [5.74, 6) is 2.44. The van der Waals surface area contributed by atoms with Crippen molar-refractivity contribution in [3.63, 3.8) is 0 Å². The van der Waals surface area contributed by atoms with Crippen molar-refractivity contribution in [2.75, 3.05) is 20.3 Å². The molecular formula is C22H29NO4. The molecule has 5 heteroatoms. The van der Waals surface area contributed by atoms with Crippen LogP contribution in [0.15, 0.2) is 42.5 Å². The molecule has 0 unspecified atom stereocenters. The highest BCUT2D eigenvalue weighted by molar-refractivity contribution is 5.80. The van der Waals surface area contributed by atoms with E-state index in [2.05, 4.69) is 31.3 Å². The maximum Gasteiger partial charge on any atom is 0.260 e. The summed E-state index contributed by atoms with van der Waals surface area (Å²) in [5.41, 5.74) is 2.21. The second-order valence-corrected chi connectivity index (χ2v) is 6.77. The minimum absolute atomic E-state index is 0.162. The van der Waals surface area contributed by atoms with Gasteiger partial charge in [0.2, 0.25) is 0 Å². The number of aryl methyl sites for hydroxylation is 1. The van der Waals surface area contributed by atoms with Crippen LogP contribution in [0.2, 0.25) is 0 Å². The Morgan fingerprint density at radius 1 is 1.04 bits per heavy atom. The minimum Gasteiger partial charge on any atom is -0.497 e. The van der Waals surface area contributed by atoms with Crippen LogP contribution in [0.5, 0.6) is 17.2 Å². The summed E-state index contributed by atoms with van der Waals surface area (Å²) < 4.78 is 16.6. The van der Waals surface area contributed by atoms with Crippen molar-refractivity contribution in [1.29, 1.82) is 0 Å². The number of methoxy groups -OCH3 is 1. The van der Waals surface area contributed by atoms with E-state index in [9.17, 15) is 4.79 Å². The lowest BCUT2D eigenvalue weighted by Crippen LogP contribution is -2.38. The van der Waals surface area contributed by atoms with Crippen LogP contribution in [0, 0.1) is 6.92 Å². The maximum absolute atomic E-state index is 12.3. The molecule has 0 aliphatic rings. The number of amides is 1. The van der Waals surface area contributed by atoms with Gasteiger partial charge in [-0.05, 0) is 61.2 Å². The highest BCUT2D eigenvalue weighted by atomic mass is 16.5. The summed E-state index contributed by atoms with van der Waals surface area (Å²) >= 11 is 0. The topological polar surface area (TPSA) is 56.8 Å². The number of nitrogens with one attached hydrogen (secondary N) is 1. The van der Waals surface area contributed by atoms with Crippen LogP contribution in [0.4, 0.5) is 0 Å². The van der Waals surface area contributed by atoms with Crippen molar-refractivity contribution >= 4 is 5.91 Å². The fourth-order valence-corrected chi connectivity index (χ4v) is 2.62. The largest absolute Gasteiger partial charge is 0.497 e. The van der Waals surface area contributed by atoms with Gasteiger partial charge in [-0.2, -0.15) is 0 Å². The normalized spacial score (nSPS) is 11.8. The molecule has 1 amide bonds. The Kier molecular flexibility index (Phi) is 7.53. The summed E-state index contributed by atoms with van der Waals surface area (Å²) in [4.78, 5) is 12.3. The van der Waals surface area contributed by atoms with E-state index in [0.29, 0.717) is 19.1 Å². The van der Waals surface area contributed by atoms with Crippen molar-refractivity contribution in [1.82, 2.24) is 5.32 Å². The molecule has 0 bridgehead atoms. The molecule has 2 aromatic rings. The molecule has 0 spiro atoms. The first-order chi connectivity index (χ1) is 12.9. The van der Waals surface area contributed by atoms with Crippen LogP contribution in [0.1, 0.15) is 37.8 Å². The SMILES string of the molecule is COc1ccc(OCCNC(=O)[C@H](C)Oc2cc(C)ccc2C(C)C)cc1. The summed E-state index contributed by atoms with van der Waals surface area (Å²) in [6.07, 6.45) is -0.578. The zero-order chi connectivity index (χ0) is 19.8. The molecule has 146 valence electrons. The van der Waals surface area contributed by atoms with Gasteiger partial charge in [0.25, 0.3) is 5.91 Å². The number of ether oxygens (including phenoxy) is 3. The third-order valence-corrected chi connectivity index (χ3v) is 4.19. The van der Waals surface area contributed by atoms with Crippen LogP contribution < -0.4 is 19.5 Å². The zero-order valence-corrected chi connectivity index (χ0v) is 16.7. The molecule has 5 nitrogen and oxygen atoms in total. The number of carbonyl (C=O) groups excluding carboxylic acids is 1. The quantitative estimate of drug-likeness (QED) is 0.675. The van der Waals surface area contributed by atoms with Crippen molar-refractivity contribution < 1.29 is 19.0 Å². The second-order valence-electron chi connectivity index (χ2n) is 6.77. The predicted molar refractivity (Wildman–Crippen MR) is 107 cm³/mol. The Labute approximate surface area is 161 Å². The van der Waals surface area contributed by atoms with E-state index in [0.717, 1.165) is 28.4 Å². The Morgan fingerprint density at radius 2 is 1.70 bits per heavy atom. The lowest BCUT2D eigenvalue weighted by molar-refractivity contribution is -0.127. The molecule has 0 saturated carbocycles. The average molecular weight is 371 g/mol. The molecule has 0 heterocycles. The summed E-state index contributed by atoms with van der Waals surface area (Å²) in [6.45, 7) is 8.78. The van der Waals surface area contributed by atoms with Gasteiger partial charge in [-0.3, -0.25) is 4.79 Å². The summed E-state index contributed by atoms with van der Waals surface area (Å²) in [6, 6.07) is 13.4. The number of hydrogen-bond acceptors (Lipinski definition) is 4. The molecule has 0 radical (unpaired) electrons. The van der Waals surface area contributed by atoms with Crippen LogP contribution in [0.3, 0.4) is 0 Å². The van der Waals surface area contributed by atoms with Gasteiger partial charge in [0.1, 0.15) is 23.9 Å². The van der Waals surface area contributed by atoms with E-state index >= 15 is 0 Å². The summed E-state index contributed by atoms with van der Waals surface area (Å²) in [7, 11) is 1.62. The molecule has 0 fully saturated rings. The van der Waals surface area contributed by atoms with E-state index in [1.165, 1.54) is 0 Å². The van der Waals surface area contributed by atoms with Gasteiger partial charge < -0.3 is 19.5 Å². The molecule has 2 rings (SSSR count). The number of hydrogen-bond donors (Lipinski definition) is 1. The fraction of sp³-hybridized carbons (Fsp3) is 0.409. The van der Waals surface area contributed by atoms with E-state index in [4.69, 9.17) is 14.2 Å². The number of carbonyl (C=O) groups is 1. The zero-order valence-electron chi connectivity index (χ0n) is 16.7. The highest BCUT2D eigenvalue weighted by Crippen LogP contribution is 2.28. The first-order valence-electron chi connectivity index (χ1n) is 9.22. The molecule has 2 aromatic carbocycles. The van der Waals surface area contributed by atoms with E-state index in [1.807, 2.05) is 37.3 Å².